The number of hydrogen-bond donors (Lipinski definition) is 0. The molecule has 0 nitrogen and oxygen atoms in total. The number of halogens is 1. The van der Waals surface area contributed by atoms with Crippen LogP contribution in [-0.4, -0.2) is 0 Å². The second kappa shape index (κ2) is 6.58. The Hall–Kier alpha value is -1.08. The Bertz CT molecular complexity index is 599. The SMILES string of the molecule is CCc1ccc(CC)c(C(Br)c2ccc(C)cc2C)c1. The Balaban J connectivity index is 2.48. The summed E-state index contributed by atoms with van der Waals surface area (Å²) in [6, 6.07) is 13.6. The Morgan fingerprint density at radius 2 is 1.65 bits per heavy atom. The van der Waals surface area contributed by atoms with Crippen LogP contribution >= 0.6 is 15.9 Å². The minimum Gasteiger partial charge on any atom is -0.0786 e. The molecule has 0 aromatic heterocycles. The van der Waals surface area contributed by atoms with Gasteiger partial charge in [-0.05, 0) is 54.5 Å². The molecule has 0 saturated heterocycles. The molecule has 0 spiro atoms. The second-order valence-electron chi connectivity index (χ2n) is 5.46. The van der Waals surface area contributed by atoms with E-state index in [2.05, 4.69) is 80.0 Å². The summed E-state index contributed by atoms with van der Waals surface area (Å²) in [5.41, 5.74) is 8.31. The van der Waals surface area contributed by atoms with Gasteiger partial charge in [-0.15, -0.1) is 0 Å². The molecule has 20 heavy (non-hydrogen) atoms. The smallest absolute Gasteiger partial charge is 0.0649 e. The molecule has 2 rings (SSSR count). The first-order valence-corrected chi connectivity index (χ1v) is 8.31. The number of aryl methyl sites for hydroxylation is 4. The van der Waals surface area contributed by atoms with Crippen molar-refractivity contribution in [2.24, 2.45) is 0 Å². The normalized spacial score (nSPS) is 12.4. The summed E-state index contributed by atoms with van der Waals surface area (Å²) < 4.78 is 0. The summed E-state index contributed by atoms with van der Waals surface area (Å²) in [5, 5.41) is 0. The molecule has 0 saturated carbocycles. The lowest BCUT2D eigenvalue weighted by Gasteiger charge is -2.18. The number of hydrogen-bond acceptors (Lipinski definition) is 0. The summed E-state index contributed by atoms with van der Waals surface area (Å²) in [6.07, 6.45) is 2.16. The standard InChI is InChI=1S/C19H23Br/c1-5-15-8-9-16(6-2)18(12-15)19(20)17-10-7-13(3)11-14(17)4/h7-12,19H,5-6H2,1-4H3. The molecule has 0 aliphatic rings. The zero-order valence-corrected chi connectivity index (χ0v) is 14.4. The van der Waals surface area contributed by atoms with Gasteiger partial charge in [-0.2, -0.15) is 0 Å². The Morgan fingerprint density at radius 3 is 2.25 bits per heavy atom. The molecule has 1 unspecified atom stereocenters. The van der Waals surface area contributed by atoms with Gasteiger partial charge in [0.05, 0.1) is 4.83 Å². The fourth-order valence-corrected chi connectivity index (χ4v) is 3.64. The first kappa shape index (κ1) is 15.3. The molecule has 0 amide bonds. The maximum absolute atomic E-state index is 3.92. The molecule has 1 atom stereocenters. The molecule has 106 valence electrons. The fraction of sp³-hybridized carbons (Fsp3) is 0.368. The van der Waals surface area contributed by atoms with Crippen LogP contribution in [0.15, 0.2) is 36.4 Å². The monoisotopic (exact) mass is 330 g/mol. The van der Waals surface area contributed by atoms with Gasteiger partial charge in [0.1, 0.15) is 0 Å². The summed E-state index contributed by atoms with van der Waals surface area (Å²) in [6.45, 7) is 8.79. The van der Waals surface area contributed by atoms with Crippen molar-refractivity contribution in [2.75, 3.05) is 0 Å². The van der Waals surface area contributed by atoms with Crippen LogP contribution in [0.1, 0.15) is 52.1 Å². The zero-order chi connectivity index (χ0) is 14.7. The molecule has 0 aliphatic carbocycles. The fourth-order valence-electron chi connectivity index (χ4n) is 2.70. The summed E-state index contributed by atoms with van der Waals surface area (Å²) in [5.74, 6) is 0. The van der Waals surface area contributed by atoms with E-state index in [0.29, 0.717) is 0 Å². The third kappa shape index (κ3) is 3.15. The highest BCUT2D eigenvalue weighted by Crippen LogP contribution is 2.35. The quantitative estimate of drug-likeness (QED) is 0.611. The van der Waals surface area contributed by atoms with Crippen molar-refractivity contribution in [3.8, 4) is 0 Å². The Morgan fingerprint density at radius 1 is 0.900 bits per heavy atom. The summed E-state index contributed by atoms with van der Waals surface area (Å²) >= 11 is 3.92. The first-order valence-electron chi connectivity index (χ1n) is 7.39. The lowest BCUT2D eigenvalue weighted by Crippen LogP contribution is -2.01. The third-order valence-electron chi connectivity index (χ3n) is 3.97. The van der Waals surface area contributed by atoms with E-state index in [4.69, 9.17) is 0 Å². The van der Waals surface area contributed by atoms with Crippen molar-refractivity contribution < 1.29 is 0 Å². The average Bonchev–Trinajstić information content (AvgIpc) is 2.46. The predicted octanol–water partition coefficient (Wildman–Crippen LogP) is 5.91. The van der Waals surface area contributed by atoms with E-state index in [1.807, 2.05) is 0 Å². The van der Waals surface area contributed by atoms with Gasteiger partial charge in [0.15, 0.2) is 0 Å². The van der Waals surface area contributed by atoms with Crippen LogP contribution in [0.25, 0.3) is 0 Å². The molecule has 0 radical (unpaired) electrons. The minimum absolute atomic E-state index is 0.282. The predicted molar refractivity (Wildman–Crippen MR) is 91.9 cm³/mol. The third-order valence-corrected chi connectivity index (χ3v) is 4.96. The Kier molecular flexibility index (Phi) is 5.04. The molecular formula is C19H23Br. The molecule has 0 N–H and O–H groups in total. The van der Waals surface area contributed by atoms with Crippen molar-refractivity contribution in [1.82, 2.24) is 0 Å². The first-order chi connectivity index (χ1) is 9.56. The van der Waals surface area contributed by atoms with Crippen molar-refractivity contribution in [3.63, 3.8) is 0 Å². The van der Waals surface area contributed by atoms with Crippen LogP contribution in [0, 0.1) is 13.8 Å². The van der Waals surface area contributed by atoms with Crippen LogP contribution in [-0.2, 0) is 12.8 Å². The second-order valence-corrected chi connectivity index (χ2v) is 6.38. The molecule has 1 heteroatoms. The van der Waals surface area contributed by atoms with Gasteiger partial charge in [0, 0.05) is 0 Å². The molecule has 0 heterocycles. The van der Waals surface area contributed by atoms with Crippen LogP contribution in [0.2, 0.25) is 0 Å². The summed E-state index contributed by atoms with van der Waals surface area (Å²) in [4.78, 5) is 0.282. The number of rotatable bonds is 4. The Labute approximate surface area is 131 Å². The van der Waals surface area contributed by atoms with Gasteiger partial charge >= 0.3 is 0 Å². The van der Waals surface area contributed by atoms with Crippen molar-refractivity contribution in [1.29, 1.82) is 0 Å². The van der Waals surface area contributed by atoms with Crippen molar-refractivity contribution in [3.05, 3.63) is 69.8 Å². The van der Waals surface area contributed by atoms with Gasteiger partial charge < -0.3 is 0 Å². The zero-order valence-electron chi connectivity index (χ0n) is 12.8. The maximum atomic E-state index is 3.92. The van der Waals surface area contributed by atoms with E-state index >= 15 is 0 Å². The maximum Gasteiger partial charge on any atom is 0.0649 e. The molecule has 0 fully saturated rings. The van der Waals surface area contributed by atoms with Crippen LogP contribution < -0.4 is 0 Å². The number of alkyl halides is 1. The van der Waals surface area contributed by atoms with E-state index in [1.165, 1.54) is 33.4 Å². The van der Waals surface area contributed by atoms with E-state index in [1.54, 1.807) is 0 Å². The van der Waals surface area contributed by atoms with Gasteiger partial charge in [-0.3, -0.25) is 0 Å². The molecule has 0 bridgehead atoms. The molecular weight excluding hydrogens is 308 g/mol. The van der Waals surface area contributed by atoms with E-state index < -0.39 is 0 Å². The molecule has 2 aromatic rings. The largest absolute Gasteiger partial charge is 0.0786 e. The molecule has 0 aliphatic heterocycles. The van der Waals surface area contributed by atoms with Crippen molar-refractivity contribution in [2.45, 2.75) is 45.4 Å². The van der Waals surface area contributed by atoms with Crippen LogP contribution in [0.5, 0.6) is 0 Å². The highest BCUT2D eigenvalue weighted by molar-refractivity contribution is 9.09. The van der Waals surface area contributed by atoms with Crippen LogP contribution in [0.3, 0.4) is 0 Å². The van der Waals surface area contributed by atoms with Crippen molar-refractivity contribution >= 4 is 15.9 Å². The minimum atomic E-state index is 0.282. The lowest BCUT2D eigenvalue weighted by atomic mass is 9.93. The van der Waals surface area contributed by atoms with E-state index in [9.17, 15) is 0 Å². The van der Waals surface area contributed by atoms with Gasteiger partial charge in [0.2, 0.25) is 0 Å². The highest BCUT2D eigenvalue weighted by Gasteiger charge is 2.16. The van der Waals surface area contributed by atoms with Gasteiger partial charge in [-0.1, -0.05) is 71.7 Å². The highest BCUT2D eigenvalue weighted by atomic mass is 79.9. The topological polar surface area (TPSA) is 0 Å². The van der Waals surface area contributed by atoms with E-state index in [0.717, 1.165) is 12.8 Å². The van der Waals surface area contributed by atoms with Crippen LogP contribution in [0.4, 0.5) is 0 Å². The molecule has 2 aromatic carbocycles. The number of benzene rings is 2. The lowest BCUT2D eigenvalue weighted by molar-refractivity contribution is 1.02. The van der Waals surface area contributed by atoms with E-state index in [-0.39, 0.29) is 4.83 Å². The average molecular weight is 331 g/mol. The van der Waals surface area contributed by atoms with Gasteiger partial charge in [0.25, 0.3) is 0 Å². The van der Waals surface area contributed by atoms with Gasteiger partial charge in [-0.25, -0.2) is 0 Å². The summed E-state index contributed by atoms with van der Waals surface area (Å²) in [7, 11) is 0.